The molecule has 1 aromatic carbocycles. The number of benzene rings is 1. The molecule has 0 saturated carbocycles. The van der Waals surface area contributed by atoms with E-state index in [9.17, 15) is 9.59 Å². The Kier molecular flexibility index (Phi) is 2.76. The van der Waals surface area contributed by atoms with Crippen molar-refractivity contribution in [2.75, 3.05) is 7.11 Å². The third-order valence-electron chi connectivity index (χ3n) is 4.72. The van der Waals surface area contributed by atoms with Crippen LogP contribution in [-0.2, 0) is 20.9 Å². The lowest BCUT2D eigenvalue weighted by Crippen LogP contribution is -2.43. The number of fused-ring (bicyclic) bond motifs is 4. The van der Waals surface area contributed by atoms with Gasteiger partial charge in [-0.3, -0.25) is 4.79 Å². The summed E-state index contributed by atoms with van der Waals surface area (Å²) in [5.74, 6) is 0.833. The third-order valence-corrected chi connectivity index (χ3v) is 4.72. The summed E-state index contributed by atoms with van der Waals surface area (Å²) in [6.45, 7) is 3.95. The Balaban J connectivity index is 2.00. The summed E-state index contributed by atoms with van der Waals surface area (Å²) >= 11 is 0. The van der Waals surface area contributed by atoms with E-state index in [1.807, 2.05) is 13.8 Å². The molecule has 4 rings (SSSR count). The van der Waals surface area contributed by atoms with Crippen LogP contribution in [-0.4, -0.2) is 24.6 Å². The Hall–Kier alpha value is -2.50. The molecule has 0 bridgehead atoms. The molecule has 1 aromatic rings. The van der Waals surface area contributed by atoms with Crippen molar-refractivity contribution in [3.63, 3.8) is 0 Å². The summed E-state index contributed by atoms with van der Waals surface area (Å²) in [5, 5.41) is 0. The van der Waals surface area contributed by atoms with Crippen molar-refractivity contribution in [1.29, 1.82) is 0 Å². The molecule has 3 heterocycles. The van der Waals surface area contributed by atoms with Crippen LogP contribution in [0.15, 0.2) is 5.76 Å². The fourth-order valence-electron chi connectivity index (χ4n) is 3.39. The Morgan fingerprint density at radius 1 is 1.30 bits per heavy atom. The highest BCUT2D eigenvalue weighted by Crippen LogP contribution is 2.50. The molecule has 1 atom stereocenters. The number of carbonyl (C=O) groups excluding carboxylic acids is 2. The quantitative estimate of drug-likeness (QED) is 0.741. The second-order valence-corrected chi connectivity index (χ2v) is 6.15. The van der Waals surface area contributed by atoms with E-state index in [0.717, 1.165) is 11.1 Å². The molecule has 0 aliphatic carbocycles. The second kappa shape index (κ2) is 4.50. The highest BCUT2D eigenvalue weighted by atomic mass is 16.6. The van der Waals surface area contributed by atoms with Gasteiger partial charge in [-0.25, -0.2) is 4.79 Å². The van der Waals surface area contributed by atoms with Gasteiger partial charge >= 0.3 is 11.9 Å². The number of carbonyl (C=O) groups is 2. The summed E-state index contributed by atoms with van der Waals surface area (Å²) in [7, 11) is 1.56. The van der Waals surface area contributed by atoms with E-state index in [1.54, 1.807) is 13.2 Å². The zero-order valence-corrected chi connectivity index (χ0v) is 13.1. The maximum absolute atomic E-state index is 12.2. The second-order valence-electron chi connectivity index (χ2n) is 6.15. The van der Waals surface area contributed by atoms with Crippen LogP contribution in [0.2, 0.25) is 0 Å². The molecule has 23 heavy (non-hydrogen) atoms. The standard InChI is InChI=1S/C17H16O6/c1-8-10-7-21-16(19)13(10)15-9(14(8)20-3)6-11-17(2,23-15)5-4-12(18)22-11/h6H,4-5,7H2,1-3H3. The molecule has 1 fully saturated rings. The number of methoxy groups -OCH3 is 1. The van der Waals surface area contributed by atoms with Gasteiger partial charge in [-0.2, -0.15) is 0 Å². The zero-order chi connectivity index (χ0) is 16.4. The average molecular weight is 316 g/mol. The van der Waals surface area contributed by atoms with Crippen LogP contribution < -0.4 is 9.47 Å². The number of hydrogen-bond acceptors (Lipinski definition) is 6. The fraction of sp³-hybridized carbons (Fsp3) is 0.412. The molecule has 1 unspecified atom stereocenters. The van der Waals surface area contributed by atoms with Gasteiger partial charge < -0.3 is 18.9 Å². The monoisotopic (exact) mass is 316 g/mol. The van der Waals surface area contributed by atoms with Gasteiger partial charge in [0.05, 0.1) is 19.1 Å². The Labute approximate surface area is 133 Å². The summed E-state index contributed by atoms with van der Waals surface area (Å²) in [6.07, 6.45) is 2.52. The summed E-state index contributed by atoms with van der Waals surface area (Å²) in [4.78, 5) is 23.8. The van der Waals surface area contributed by atoms with Gasteiger partial charge in [0.25, 0.3) is 0 Å². The van der Waals surface area contributed by atoms with Crippen molar-refractivity contribution >= 4 is 18.0 Å². The summed E-state index contributed by atoms with van der Waals surface area (Å²) in [6, 6.07) is 0. The highest BCUT2D eigenvalue weighted by molar-refractivity contribution is 6.00. The van der Waals surface area contributed by atoms with Crippen LogP contribution in [0, 0.1) is 6.92 Å². The van der Waals surface area contributed by atoms with E-state index < -0.39 is 11.6 Å². The van der Waals surface area contributed by atoms with Crippen LogP contribution in [0.1, 0.15) is 46.8 Å². The molecule has 0 N–H and O–H groups in total. The minimum atomic E-state index is -0.766. The smallest absolute Gasteiger partial charge is 0.342 e. The van der Waals surface area contributed by atoms with Gasteiger partial charge in [0.2, 0.25) is 0 Å². The normalized spacial score (nSPS) is 24.6. The van der Waals surface area contributed by atoms with Gasteiger partial charge in [0, 0.05) is 12.0 Å². The molecule has 3 aliphatic heterocycles. The number of ether oxygens (including phenoxy) is 4. The van der Waals surface area contributed by atoms with Gasteiger partial charge in [-0.1, -0.05) is 0 Å². The molecular weight excluding hydrogens is 300 g/mol. The molecule has 0 radical (unpaired) electrons. The first-order chi connectivity index (χ1) is 10.9. The van der Waals surface area contributed by atoms with Crippen molar-refractivity contribution in [3.8, 4) is 11.5 Å². The summed E-state index contributed by atoms with van der Waals surface area (Å²) in [5.41, 5.74) is 1.92. The number of cyclic esters (lactones) is 1. The predicted molar refractivity (Wildman–Crippen MR) is 79.2 cm³/mol. The lowest BCUT2D eigenvalue weighted by Gasteiger charge is -2.39. The number of hydrogen-bond donors (Lipinski definition) is 0. The number of rotatable bonds is 1. The molecule has 0 amide bonds. The fourth-order valence-corrected chi connectivity index (χ4v) is 3.39. The Bertz CT molecular complexity index is 791. The molecule has 6 heteroatoms. The largest absolute Gasteiger partial charge is 0.496 e. The van der Waals surface area contributed by atoms with E-state index in [-0.39, 0.29) is 19.0 Å². The predicted octanol–water partition coefficient (Wildman–Crippen LogP) is 2.50. The maximum atomic E-state index is 12.2. The molecule has 0 spiro atoms. The van der Waals surface area contributed by atoms with E-state index in [0.29, 0.717) is 34.8 Å². The molecule has 1 saturated heterocycles. The molecule has 6 nitrogen and oxygen atoms in total. The maximum Gasteiger partial charge on any atom is 0.342 e. The molecule has 0 aromatic heterocycles. The van der Waals surface area contributed by atoms with Crippen molar-refractivity contribution in [1.82, 2.24) is 0 Å². The first-order valence-electron chi connectivity index (χ1n) is 7.47. The van der Waals surface area contributed by atoms with Crippen molar-refractivity contribution in [2.45, 2.75) is 38.9 Å². The van der Waals surface area contributed by atoms with Crippen LogP contribution >= 0.6 is 0 Å². The van der Waals surface area contributed by atoms with Gasteiger partial charge in [-0.05, 0) is 25.5 Å². The highest BCUT2D eigenvalue weighted by Gasteiger charge is 2.45. The topological polar surface area (TPSA) is 71.1 Å². The molecular formula is C17H16O6. The van der Waals surface area contributed by atoms with Gasteiger partial charge in [0.1, 0.15) is 23.7 Å². The van der Waals surface area contributed by atoms with Crippen molar-refractivity contribution in [2.24, 2.45) is 0 Å². The van der Waals surface area contributed by atoms with Crippen LogP contribution in [0.4, 0.5) is 0 Å². The minimum Gasteiger partial charge on any atom is -0.496 e. The van der Waals surface area contributed by atoms with Crippen molar-refractivity contribution in [3.05, 3.63) is 28.0 Å². The molecule has 3 aliphatic rings. The SMILES string of the molecule is COc1c(C)c2c(c3c1C=C1OC(=O)CCC1(C)O3)C(=O)OC2. The van der Waals surface area contributed by atoms with Crippen LogP contribution in [0.3, 0.4) is 0 Å². The van der Waals surface area contributed by atoms with Gasteiger partial charge in [-0.15, -0.1) is 0 Å². The van der Waals surface area contributed by atoms with E-state index >= 15 is 0 Å². The zero-order valence-electron chi connectivity index (χ0n) is 13.1. The van der Waals surface area contributed by atoms with Crippen LogP contribution in [0.25, 0.3) is 6.08 Å². The summed E-state index contributed by atoms with van der Waals surface area (Å²) < 4.78 is 22.2. The molecule has 120 valence electrons. The lowest BCUT2D eigenvalue weighted by atomic mass is 9.88. The third kappa shape index (κ3) is 1.81. The Morgan fingerprint density at radius 3 is 2.83 bits per heavy atom. The van der Waals surface area contributed by atoms with Crippen LogP contribution in [0.5, 0.6) is 11.5 Å². The van der Waals surface area contributed by atoms with E-state index in [1.165, 1.54) is 0 Å². The van der Waals surface area contributed by atoms with Crippen molar-refractivity contribution < 1.29 is 28.5 Å². The minimum absolute atomic E-state index is 0.218. The average Bonchev–Trinajstić information content (AvgIpc) is 2.90. The van der Waals surface area contributed by atoms with E-state index in [4.69, 9.17) is 18.9 Å². The lowest BCUT2D eigenvalue weighted by molar-refractivity contribution is -0.148. The first kappa shape index (κ1) is 14.1. The van der Waals surface area contributed by atoms with Gasteiger partial charge in [0.15, 0.2) is 11.4 Å². The number of esters is 2. The first-order valence-corrected chi connectivity index (χ1v) is 7.47. The van der Waals surface area contributed by atoms with E-state index in [2.05, 4.69) is 0 Å². The Morgan fingerprint density at radius 2 is 2.09 bits per heavy atom.